The first kappa shape index (κ1) is 12.5. The van der Waals surface area contributed by atoms with E-state index in [1.54, 1.807) is 6.07 Å². The summed E-state index contributed by atoms with van der Waals surface area (Å²) in [6.07, 6.45) is 4.30. The summed E-state index contributed by atoms with van der Waals surface area (Å²) in [6, 6.07) is 3.87. The molecule has 1 fully saturated rings. The van der Waals surface area contributed by atoms with E-state index in [0.29, 0.717) is 12.0 Å². The van der Waals surface area contributed by atoms with E-state index in [4.69, 9.17) is 0 Å². The topological polar surface area (TPSA) is 20.2 Å². The lowest BCUT2D eigenvalue weighted by atomic mass is 9.73. The zero-order chi connectivity index (χ0) is 12.5. The van der Waals surface area contributed by atoms with Gasteiger partial charge in [0.05, 0.1) is 5.60 Å². The van der Waals surface area contributed by atoms with Crippen molar-refractivity contribution in [3.8, 4) is 0 Å². The van der Waals surface area contributed by atoms with Gasteiger partial charge in [0.2, 0.25) is 0 Å². The van der Waals surface area contributed by atoms with Crippen LogP contribution < -0.4 is 0 Å². The Labute approximate surface area is 100 Å². The predicted molar refractivity (Wildman–Crippen MR) is 62.6 cm³/mol. The van der Waals surface area contributed by atoms with Crippen LogP contribution in [0.2, 0.25) is 0 Å². The van der Waals surface area contributed by atoms with Crippen molar-refractivity contribution < 1.29 is 13.9 Å². The molecule has 2 rings (SSSR count). The van der Waals surface area contributed by atoms with E-state index in [9.17, 15) is 13.9 Å². The van der Waals surface area contributed by atoms with Gasteiger partial charge in [-0.15, -0.1) is 0 Å². The van der Waals surface area contributed by atoms with E-state index in [-0.39, 0.29) is 5.92 Å². The Hall–Kier alpha value is -0.960. The van der Waals surface area contributed by atoms with Crippen LogP contribution in [0.25, 0.3) is 0 Å². The van der Waals surface area contributed by atoms with Crippen molar-refractivity contribution in [1.29, 1.82) is 0 Å². The van der Waals surface area contributed by atoms with Crippen molar-refractivity contribution in [2.24, 2.45) is 5.92 Å². The average Bonchev–Trinajstić information content (AvgIpc) is 2.28. The monoisotopic (exact) mass is 240 g/mol. The molecule has 2 unspecified atom stereocenters. The Balaban J connectivity index is 2.16. The van der Waals surface area contributed by atoms with Gasteiger partial charge in [-0.05, 0) is 36.5 Å². The van der Waals surface area contributed by atoms with Gasteiger partial charge in [0.25, 0.3) is 0 Å². The largest absolute Gasteiger partial charge is 0.389 e. The number of halogens is 2. The summed E-state index contributed by atoms with van der Waals surface area (Å²) in [5.41, 5.74) is -0.0946. The van der Waals surface area contributed by atoms with Crippen LogP contribution >= 0.6 is 0 Å². The van der Waals surface area contributed by atoms with Crippen molar-refractivity contribution in [2.45, 2.75) is 44.6 Å². The van der Waals surface area contributed by atoms with Gasteiger partial charge in [0.15, 0.2) is 11.6 Å². The van der Waals surface area contributed by atoms with E-state index in [2.05, 4.69) is 0 Å². The lowest BCUT2D eigenvalue weighted by molar-refractivity contribution is -0.0405. The molecule has 2 atom stereocenters. The molecule has 1 saturated carbocycles. The second kappa shape index (κ2) is 4.73. The molecule has 94 valence electrons. The van der Waals surface area contributed by atoms with Crippen LogP contribution in [-0.4, -0.2) is 10.7 Å². The first-order valence-electron chi connectivity index (χ1n) is 6.17. The van der Waals surface area contributed by atoms with E-state index >= 15 is 0 Å². The molecule has 1 aromatic carbocycles. The van der Waals surface area contributed by atoms with Gasteiger partial charge in [0, 0.05) is 6.42 Å². The first-order chi connectivity index (χ1) is 8.01. The predicted octanol–water partition coefficient (Wildman–Crippen LogP) is 3.45. The highest BCUT2D eigenvalue weighted by Gasteiger charge is 2.35. The van der Waals surface area contributed by atoms with Crippen LogP contribution in [0.5, 0.6) is 0 Å². The number of benzene rings is 1. The zero-order valence-corrected chi connectivity index (χ0v) is 10.0. The summed E-state index contributed by atoms with van der Waals surface area (Å²) >= 11 is 0. The highest BCUT2D eigenvalue weighted by atomic mass is 19.2. The molecule has 0 amide bonds. The number of aliphatic hydroxyl groups is 1. The third-order valence-electron chi connectivity index (χ3n) is 3.91. The minimum Gasteiger partial charge on any atom is -0.389 e. The van der Waals surface area contributed by atoms with E-state index < -0.39 is 17.2 Å². The van der Waals surface area contributed by atoms with Gasteiger partial charge in [-0.1, -0.05) is 25.8 Å². The van der Waals surface area contributed by atoms with Crippen molar-refractivity contribution in [1.82, 2.24) is 0 Å². The fraction of sp³-hybridized carbons (Fsp3) is 0.571. The molecule has 0 saturated heterocycles. The van der Waals surface area contributed by atoms with Crippen LogP contribution in [0.4, 0.5) is 8.78 Å². The Bertz CT molecular complexity index is 405. The van der Waals surface area contributed by atoms with Crippen LogP contribution in [0.3, 0.4) is 0 Å². The Morgan fingerprint density at radius 1 is 1.29 bits per heavy atom. The lowest BCUT2D eigenvalue weighted by Crippen LogP contribution is -2.41. The molecule has 3 heteroatoms. The van der Waals surface area contributed by atoms with Crippen LogP contribution in [-0.2, 0) is 6.42 Å². The molecule has 0 aromatic heterocycles. The molecule has 0 spiro atoms. The fourth-order valence-corrected chi connectivity index (χ4v) is 2.66. The Kier molecular flexibility index (Phi) is 3.48. The molecule has 0 aliphatic heterocycles. The van der Waals surface area contributed by atoms with Crippen LogP contribution in [0, 0.1) is 17.6 Å². The maximum absolute atomic E-state index is 13.1. The molecule has 0 bridgehead atoms. The van der Waals surface area contributed by atoms with Crippen LogP contribution in [0.1, 0.15) is 38.2 Å². The number of hydrogen-bond donors (Lipinski definition) is 1. The summed E-state index contributed by atoms with van der Waals surface area (Å²) in [6.45, 7) is 2.03. The minimum atomic E-state index is -0.838. The zero-order valence-electron chi connectivity index (χ0n) is 10.0. The Morgan fingerprint density at radius 2 is 2.06 bits per heavy atom. The maximum atomic E-state index is 13.1. The molecule has 1 nitrogen and oxygen atoms in total. The van der Waals surface area contributed by atoms with E-state index in [0.717, 1.165) is 31.7 Å². The van der Waals surface area contributed by atoms with Crippen LogP contribution in [0.15, 0.2) is 18.2 Å². The van der Waals surface area contributed by atoms with Crippen molar-refractivity contribution >= 4 is 0 Å². The summed E-state index contributed by atoms with van der Waals surface area (Å²) < 4.78 is 25.9. The van der Waals surface area contributed by atoms with Gasteiger partial charge in [-0.3, -0.25) is 0 Å². The highest BCUT2D eigenvalue weighted by Crippen LogP contribution is 2.36. The lowest BCUT2D eigenvalue weighted by Gasteiger charge is -2.38. The molecule has 1 aromatic rings. The number of hydrogen-bond acceptors (Lipinski definition) is 1. The summed E-state index contributed by atoms with van der Waals surface area (Å²) in [4.78, 5) is 0. The summed E-state index contributed by atoms with van der Waals surface area (Å²) in [5, 5.41) is 10.5. The molecule has 1 aliphatic carbocycles. The molecular formula is C14H18F2O. The SMILES string of the molecule is CC1CCCCC1(O)Cc1ccc(F)c(F)c1. The van der Waals surface area contributed by atoms with Crippen molar-refractivity contribution in [2.75, 3.05) is 0 Å². The fourth-order valence-electron chi connectivity index (χ4n) is 2.66. The van der Waals surface area contributed by atoms with Gasteiger partial charge >= 0.3 is 0 Å². The average molecular weight is 240 g/mol. The molecular weight excluding hydrogens is 222 g/mol. The van der Waals surface area contributed by atoms with Crippen molar-refractivity contribution in [3.63, 3.8) is 0 Å². The highest BCUT2D eigenvalue weighted by molar-refractivity contribution is 5.20. The number of rotatable bonds is 2. The smallest absolute Gasteiger partial charge is 0.159 e. The second-order valence-corrected chi connectivity index (χ2v) is 5.18. The standard InChI is InChI=1S/C14H18F2O/c1-10-4-2-3-7-14(10,17)9-11-5-6-12(15)13(16)8-11/h5-6,8,10,17H,2-4,7,9H2,1H3. The third-order valence-corrected chi connectivity index (χ3v) is 3.91. The van der Waals surface area contributed by atoms with Crippen molar-refractivity contribution in [3.05, 3.63) is 35.4 Å². The third kappa shape index (κ3) is 2.65. The quantitative estimate of drug-likeness (QED) is 0.839. The molecule has 0 radical (unpaired) electrons. The normalized spacial score (nSPS) is 29.3. The summed E-state index contributed by atoms with van der Waals surface area (Å²) in [5.74, 6) is -1.46. The second-order valence-electron chi connectivity index (χ2n) is 5.18. The minimum absolute atomic E-state index is 0.212. The maximum Gasteiger partial charge on any atom is 0.159 e. The summed E-state index contributed by atoms with van der Waals surface area (Å²) in [7, 11) is 0. The van der Waals surface area contributed by atoms with Gasteiger partial charge in [-0.25, -0.2) is 8.78 Å². The molecule has 1 N–H and O–H groups in total. The first-order valence-corrected chi connectivity index (χ1v) is 6.17. The van der Waals surface area contributed by atoms with E-state index in [1.807, 2.05) is 6.92 Å². The Morgan fingerprint density at radius 3 is 2.71 bits per heavy atom. The van der Waals surface area contributed by atoms with E-state index in [1.165, 1.54) is 6.07 Å². The van der Waals surface area contributed by atoms with Gasteiger partial charge < -0.3 is 5.11 Å². The van der Waals surface area contributed by atoms with Gasteiger partial charge in [-0.2, -0.15) is 0 Å². The molecule has 0 heterocycles. The molecule has 1 aliphatic rings. The van der Waals surface area contributed by atoms with Gasteiger partial charge in [0.1, 0.15) is 0 Å². The molecule has 17 heavy (non-hydrogen) atoms.